The van der Waals surface area contributed by atoms with Crippen LogP contribution < -0.4 is 19.9 Å². The lowest BCUT2D eigenvalue weighted by molar-refractivity contribution is -0.133. The molecule has 2 aliphatic carbocycles. The summed E-state index contributed by atoms with van der Waals surface area (Å²) in [5, 5.41) is 3.32. The summed E-state index contributed by atoms with van der Waals surface area (Å²) in [6.45, 7) is 14.7. The van der Waals surface area contributed by atoms with E-state index in [4.69, 9.17) is 14.2 Å². The van der Waals surface area contributed by atoms with Crippen LogP contribution in [0.3, 0.4) is 0 Å². The lowest BCUT2D eigenvalue weighted by Gasteiger charge is -2.41. The summed E-state index contributed by atoms with van der Waals surface area (Å²) in [5.41, 5.74) is -0.443. The van der Waals surface area contributed by atoms with Crippen LogP contribution in [0, 0.1) is 23.7 Å². The summed E-state index contributed by atoms with van der Waals surface area (Å²) in [6, 6.07) is 5.65. The van der Waals surface area contributed by atoms with Crippen LogP contribution in [0.1, 0.15) is 94.8 Å². The van der Waals surface area contributed by atoms with Gasteiger partial charge in [0.1, 0.15) is 11.4 Å². The third kappa shape index (κ3) is 8.09. The second-order valence-electron chi connectivity index (χ2n) is 15.9. The van der Waals surface area contributed by atoms with E-state index in [0.717, 1.165) is 32.1 Å². The molecule has 48 heavy (non-hydrogen) atoms. The number of piperidine rings is 1. The van der Waals surface area contributed by atoms with Crippen molar-refractivity contribution in [1.82, 2.24) is 10.2 Å². The lowest BCUT2D eigenvalue weighted by atomic mass is 9.78. The first-order valence-electron chi connectivity index (χ1n) is 17.8. The molecule has 0 aromatic heterocycles. The van der Waals surface area contributed by atoms with Gasteiger partial charge in [0.25, 0.3) is 5.91 Å². The molecule has 4 atom stereocenters. The number of rotatable bonds is 9. The number of benzene rings is 1. The van der Waals surface area contributed by atoms with Gasteiger partial charge in [-0.1, -0.05) is 20.3 Å². The van der Waals surface area contributed by atoms with Crippen molar-refractivity contribution >= 4 is 35.2 Å². The number of carbonyl (C=O) groups excluding carboxylic acids is 4. The minimum Gasteiger partial charge on any atom is -0.476 e. The Morgan fingerprint density at radius 1 is 1.06 bits per heavy atom. The van der Waals surface area contributed by atoms with Crippen LogP contribution in [0.2, 0.25) is 0 Å². The number of ether oxygens (including phenoxy) is 3. The van der Waals surface area contributed by atoms with E-state index in [1.54, 1.807) is 30.8 Å². The van der Waals surface area contributed by atoms with Crippen molar-refractivity contribution in [3.8, 4) is 5.75 Å². The molecule has 1 saturated heterocycles. The maximum atomic E-state index is 14.6. The summed E-state index contributed by atoms with van der Waals surface area (Å²) < 4.78 is 17.1. The summed E-state index contributed by atoms with van der Waals surface area (Å²) in [5.74, 6) is -0.217. The minimum absolute atomic E-state index is 0. The van der Waals surface area contributed by atoms with Crippen molar-refractivity contribution in [3.63, 3.8) is 0 Å². The number of hydrogen-bond donors (Lipinski definition) is 1. The third-order valence-corrected chi connectivity index (χ3v) is 10.2. The van der Waals surface area contributed by atoms with Gasteiger partial charge in [0.2, 0.25) is 11.8 Å². The Hall–Kier alpha value is -3.34. The predicted molar refractivity (Wildman–Crippen MR) is 186 cm³/mol. The highest BCUT2D eigenvalue weighted by Crippen LogP contribution is 2.43. The van der Waals surface area contributed by atoms with E-state index in [-0.39, 0.29) is 44.3 Å². The SMILES string of the molecule is COCCCN1C(=O)C(C)(C)Oc2ccc(N(C(=O)[C@@H]3C[C@H](C(=O)NC4C(C)CCCC4C)CN(C(=O)OC(C)(C)C)C3)C3CC3)cc21.[HH]. The van der Waals surface area contributed by atoms with Gasteiger partial charge in [-0.15, -0.1) is 0 Å². The first kappa shape index (κ1) is 36.0. The van der Waals surface area contributed by atoms with E-state index in [1.165, 1.54) is 0 Å². The number of nitrogens with zero attached hydrogens (tertiary/aromatic N) is 3. The van der Waals surface area contributed by atoms with Crippen LogP contribution in [0.4, 0.5) is 16.2 Å². The molecule has 11 nitrogen and oxygen atoms in total. The van der Waals surface area contributed by atoms with Crippen LogP contribution in [-0.4, -0.2) is 85.4 Å². The number of amides is 4. The van der Waals surface area contributed by atoms with Gasteiger partial charge < -0.3 is 34.2 Å². The molecule has 4 amide bonds. The van der Waals surface area contributed by atoms with Crippen molar-refractivity contribution in [2.24, 2.45) is 23.7 Å². The van der Waals surface area contributed by atoms with Gasteiger partial charge in [0.05, 0.1) is 17.5 Å². The van der Waals surface area contributed by atoms with Crippen molar-refractivity contribution in [2.75, 3.05) is 43.2 Å². The quantitative estimate of drug-likeness (QED) is 0.331. The highest BCUT2D eigenvalue weighted by molar-refractivity contribution is 6.04. The van der Waals surface area contributed by atoms with Gasteiger partial charge in [0, 0.05) is 52.5 Å². The number of anilines is 2. The smallest absolute Gasteiger partial charge is 0.410 e. The van der Waals surface area contributed by atoms with Crippen LogP contribution in [-0.2, 0) is 23.9 Å². The number of fused-ring (bicyclic) bond motifs is 1. The molecule has 4 aliphatic rings. The fourth-order valence-electron chi connectivity index (χ4n) is 7.53. The topological polar surface area (TPSA) is 118 Å². The zero-order valence-electron chi connectivity index (χ0n) is 30.2. The van der Waals surface area contributed by atoms with Gasteiger partial charge in [-0.2, -0.15) is 0 Å². The molecule has 5 rings (SSSR count). The second kappa shape index (κ2) is 14.3. The highest BCUT2D eigenvalue weighted by atomic mass is 16.6. The molecule has 0 bridgehead atoms. The molecular weight excluding hydrogens is 612 g/mol. The van der Waals surface area contributed by atoms with E-state index >= 15 is 0 Å². The molecule has 11 heteroatoms. The Labute approximate surface area is 287 Å². The maximum absolute atomic E-state index is 14.6. The predicted octanol–water partition coefficient (Wildman–Crippen LogP) is 5.78. The molecule has 2 heterocycles. The largest absolute Gasteiger partial charge is 0.476 e. The van der Waals surface area contributed by atoms with Crippen molar-refractivity contribution in [3.05, 3.63) is 18.2 Å². The summed E-state index contributed by atoms with van der Waals surface area (Å²) in [7, 11) is 1.64. The van der Waals surface area contributed by atoms with Crippen molar-refractivity contribution in [2.45, 2.75) is 117 Å². The van der Waals surface area contributed by atoms with E-state index in [9.17, 15) is 19.2 Å². The summed E-state index contributed by atoms with van der Waals surface area (Å²) >= 11 is 0. The van der Waals surface area contributed by atoms with Crippen molar-refractivity contribution in [1.29, 1.82) is 0 Å². The first-order valence-corrected chi connectivity index (χ1v) is 17.8. The number of nitrogens with one attached hydrogen (secondary N) is 1. The van der Waals surface area contributed by atoms with Gasteiger partial charge >= 0.3 is 6.09 Å². The molecule has 2 saturated carbocycles. The Balaban J connectivity index is 0.00000541. The standard InChI is InChI=1S/C37H56N4O7.H2/c1-23-11-9-12-24(2)31(23)38-32(42)25-19-26(22-39(21-25)35(45)48-36(3,4)5)33(43)41(27-13-14-27)28-15-16-30-29(20-28)40(17-10-18-46-8)34(44)37(6,7)47-30;/h15-16,20,23-27,31H,9-14,17-19,21-22H2,1-8H3,(H,38,42);1H/t23?,24?,25-,26+,31?;/m0./s1. The Kier molecular flexibility index (Phi) is 10.7. The highest BCUT2D eigenvalue weighted by Gasteiger charge is 2.45. The maximum Gasteiger partial charge on any atom is 0.410 e. The molecule has 1 N–H and O–H groups in total. The van der Waals surface area contributed by atoms with Gasteiger partial charge in [0.15, 0.2) is 5.60 Å². The molecule has 3 fully saturated rings. The molecule has 2 unspecified atom stereocenters. The number of carbonyl (C=O) groups is 4. The number of likely N-dealkylation sites (tertiary alicyclic amines) is 1. The van der Waals surface area contributed by atoms with E-state index in [1.807, 2.05) is 43.9 Å². The van der Waals surface area contributed by atoms with Crippen molar-refractivity contribution < 1.29 is 34.8 Å². The van der Waals surface area contributed by atoms with E-state index in [2.05, 4.69) is 19.2 Å². The average Bonchev–Trinajstić information content (AvgIpc) is 3.85. The molecule has 1 aromatic rings. The van der Waals surface area contributed by atoms with E-state index in [0.29, 0.717) is 55.0 Å². The van der Waals surface area contributed by atoms with E-state index < -0.39 is 29.1 Å². The van der Waals surface area contributed by atoms with Gasteiger partial charge in [-0.3, -0.25) is 14.4 Å². The molecular formula is C37H58N4O7. The zero-order valence-corrected chi connectivity index (χ0v) is 30.2. The van der Waals surface area contributed by atoms with Gasteiger partial charge in [-0.25, -0.2) is 4.79 Å². The minimum atomic E-state index is -1.02. The third-order valence-electron chi connectivity index (χ3n) is 10.2. The Morgan fingerprint density at radius 3 is 2.35 bits per heavy atom. The van der Waals surface area contributed by atoms with Crippen LogP contribution in [0.15, 0.2) is 18.2 Å². The molecule has 0 radical (unpaired) electrons. The average molecular weight is 671 g/mol. The van der Waals surface area contributed by atoms with Crippen LogP contribution in [0.25, 0.3) is 0 Å². The Morgan fingerprint density at radius 2 is 1.73 bits per heavy atom. The summed E-state index contributed by atoms with van der Waals surface area (Å²) in [4.78, 5) is 60.5. The normalized spacial score (nSPS) is 27.1. The van der Waals surface area contributed by atoms with Crippen LogP contribution >= 0.6 is 0 Å². The fourth-order valence-corrected chi connectivity index (χ4v) is 7.53. The lowest BCUT2D eigenvalue weighted by Crippen LogP contribution is -2.56. The molecule has 268 valence electrons. The second-order valence-corrected chi connectivity index (χ2v) is 15.9. The number of hydrogen-bond acceptors (Lipinski definition) is 7. The van der Waals surface area contributed by atoms with Crippen LogP contribution in [0.5, 0.6) is 5.75 Å². The monoisotopic (exact) mass is 670 g/mol. The first-order chi connectivity index (χ1) is 22.6. The number of methoxy groups -OCH3 is 1. The zero-order chi connectivity index (χ0) is 35.0. The fraction of sp³-hybridized carbons (Fsp3) is 0.730. The van der Waals surface area contributed by atoms with Gasteiger partial charge in [-0.05, 0) is 103 Å². The molecule has 0 spiro atoms. The molecule has 1 aromatic carbocycles. The molecule has 2 aliphatic heterocycles. The Bertz CT molecular complexity index is 1370. The summed E-state index contributed by atoms with van der Waals surface area (Å²) in [6.07, 6.45) is 5.47.